The van der Waals surface area contributed by atoms with Gasteiger partial charge in [0.15, 0.2) is 5.69 Å². The number of nitriles is 1. The minimum Gasteiger partial charge on any atom is -0.404 e. The summed E-state index contributed by atoms with van der Waals surface area (Å²) in [4.78, 5) is 30.3. The average molecular weight is 538 g/mol. The van der Waals surface area contributed by atoms with Gasteiger partial charge in [0, 0.05) is 6.42 Å². The largest absolute Gasteiger partial charge is 0.573 e. The number of hydrogen-bond acceptors (Lipinski definition) is 7. The van der Waals surface area contributed by atoms with Gasteiger partial charge in [0.25, 0.3) is 5.91 Å². The molecule has 4 rings (SSSR count). The highest BCUT2D eigenvalue weighted by molar-refractivity contribution is 6.32. The van der Waals surface area contributed by atoms with Crippen molar-refractivity contribution in [2.24, 2.45) is 0 Å². The summed E-state index contributed by atoms with van der Waals surface area (Å²) in [6.45, 7) is 0. The molecule has 2 aromatic heterocycles. The summed E-state index contributed by atoms with van der Waals surface area (Å²) in [5, 5.41) is 21.9. The molecule has 1 aromatic carbocycles. The van der Waals surface area contributed by atoms with Crippen LogP contribution in [0.5, 0.6) is 5.75 Å². The second kappa shape index (κ2) is 10.0. The van der Waals surface area contributed by atoms with Crippen LogP contribution >= 0.6 is 11.6 Å². The summed E-state index contributed by atoms with van der Waals surface area (Å²) in [6.07, 6.45) is -1.98. The Labute approximate surface area is 211 Å². The molecule has 2 heterocycles. The molecule has 0 spiro atoms. The zero-order valence-corrected chi connectivity index (χ0v) is 19.3. The van der Waals surface area contributed by atoms with E-state index in [2.05, 4.69) is 30.6 Å². The van der Waals surface area contributed by atoms with Gasteiger partial charge in [0.2, 0.25) is 11.9 Å². The van der Waals surface area contributed by atoms with Gasteiger partial charge in [-0.25, -0.2) is 4.98 Å². The molecule has 0 radical (unpaired) electrons. The first kappa shape index (κ1) is 25.8. The number of pyridine rings is 1. The fourth-order valence-electron chi connectivity index (χ4n) is 3.25. The van der Waals surface area contributed by atoms with Gasteiger partial charge in [-0.2, -0.15) is 14.8 Å². The normalized spacial score (nSPS) is 14.8. The Morgan fingerprint density at radius 2 is 2.00 bits per heavy atom. The van der Waals surface area contributed by atoms with Crippen molar-refractivity contribution in [3.05, 3.63) is 65.0 Å². The molecule has 1 atom stereocenters. The van der Waals surface area contributed by atoms with Crippen LogP contribution in [-0.4, -0.2) is 49.7 Å². The highest BCUT2D eigenvalue weighted by Gasteiger charge is 2.45. The highest BCUT2D eigenvalue weighted by atomic mass is 35.5. The fraction of sp³-hybridized carbons (Fsp3) is 0.273. The molecule has 2 N–H and O–H groups in total. The van der Waals surface area contributed by atoms with Crippen LogP contribution in [0.2, 0.25) is 5.02 Å². The second-order valence-electron chi connectivity index (χ2n) is 8.08. The molecule has 192 valence electrons. The van der Waals surface area contributed by atoms with Crippen molar-refractivity contribution in [3.8, 4) is 17.5 Å². The lowest BCUT2D eigenvalue weighted by Crippen LogP contribution is -2.51. The Balaban J connectivity index is 1.53. The molecule has 15 heteroatoms. The molecule has 37 heavy (non-hydrogen) atoms. The molecule has 0 bridgehead atoms. The molecule has 1 saturated carbocycles. The highest BCUT2D eigenvalue weighted by Crippen LogP contribution is 2.34. The van der Waals surface area contributed by atoms with E-state index in [1.165, 1.54) is 18.2 Å². The van der Waals surface area contributed by atoms with Crippen molar-refractivity contribution < 1.29 is 31.9 Å². The minimum atomic E-state index is -4.95. The molecule has 0 saturated heterocycles. The van der Waals surface area contributed by atoms with Gasteiger partial charge >= 0.3 is 6.36 Å². The minimum absolute atomic E-state index is 0.179. The van der Waals surface area contributed by atoms with E-state index in [-0.39, 0.29) is 22.8 Å². The van der Waals surface area contributed by atoms with E-state index in [1.807, 2.05) is 6.07 Å². The van der Waals surface area contributed by atoms with E-state index in [0.29, 0.717) is 18.4 Å². The summed E-state index contributed by atoms with van der Waals surface area (Å²) in [6, 6.07) is 6.59. The van der Waals surface area contributed by atoms with Crippen LogP contribution in [0.4, 0.5) is 17.6 Å². The maximum Gasteiger partial charge on any atom is 0.573 e. The first-order valence-corrected chi connectivity index (χ1v) is 11.0. The van der Waals surface area contributed by atoms with E-state index in [1.54, 1.807) is 0 Å². The lowest BCUT2D eigenvalue weighted by atomic mass is 10.0. The topological polar surface area (TPSA) is 135 Å². The Kier molecular flexibility index (Phi) is 6.99. The van der Waals surface area contributed by atoms with Crippen LogP contribution in [0.1, 0.15) is 28.9 Å². The third kappa shape index (κ3) is 6.50. The van der Waals surface area contributed by atoms with Crippen molar-refractivity contribution in [2.75, 3.05) is 0 Å². The van der Waals surface area contributed by atoms with Gasteiger partial charge in [-0.3, -0.25) is 9.59 Å². The number of hydrogen-bond donors (Lipinski definition) is 2. The lowest BCUT2D eigenvalue weighted by Gasteiger charge is -2.20. The number of carbonyl (C=O) groups is 2. The third-order valence-corrected chi connectivity index (χ3v) is 5.57. The standard InChI is InChI=1S/C22H16ClF4N7O3/c23-14-7-12(1-3-17(14)37-22(25,26)27)8-15(20(36)32-21(11-28)5-6-21)31-19(35)16-10-30-34(33-16)13-2-4-18(24)29-9-13/h1-4,7,9-10,15H,5-6,8H2,(H,31,35)(H,32,36)/t15-/m0/s1. The maximum atomic E-state index is 13.1. The number of ether oxygens (including phenoxy) is 1. The van der Waals surface area contributed by atoms with Crippen LogP contribution in [0, 0.1) is 17.3 Å². The van der Waals surface area contributed by atoms with Crippen molar-refractivity contribution in [2.45, 2.75) is 37.2 Å². The number of aromatic nitrogens is 4. The summed E-state index contributed by atoms with van der Waals surface area (Å²) in [5.41, 5.74) is -0.644. The second-order valence-corrected chi connectivity index (χ2v) is 8.49. The van der Waals surface area contributed by atoms with E-state index in [0.717, 1.165) is 29.3 Å². The predicted octanol–water partition coefficient (Wildman–Crippen LogP) is 2.87. The number of benzene rings is 1. The zero-order chi connectivity index (χ0) is 26.8. The summed E-state index contributed by atoms with van der Waals surface area (Å²) in [5.74, 6) is -2.83. The number of rotatable bonds is 8. The van der Waals surface area contributed by atoms with Crippen LogP contribution in [0.15, 0.2) is 42.7 Å². The van der Waals surface area contributed by atoms with Crippen LogP contribution in [0.3, 0.4) is 0 Å². The van der Waals surface area contributed by atoms with Gasteiger partial charge in [-0.05, 0) is 42.7 Å². The van der Waals surface area contributed by atoms with Crippen molar-refractivity contribution in [3.63, 3.8) is 0 Å². The first-order valence-electron chi connectivity index (χ1n) is 10.6. The molecule has 0 unspecified atom stereocenters. The summed E-state index contributed by atoms with van der Waals surface area (Å²) < 4.78 is 54.5. The lowest BCUT2D eigenvalue weighted by molar-refractivity contribution is -0.274. The quantitative estimate of drug-likeness (QED) is 0.333. The average Bonchev–Trinajstić information content (AvgIpc) is 3.43. The number of nitrogens with one attached hydrogen (secondary N) is 2. The Hall–Kier alpha value is -4.25. The van der Waals surface area contributed by atoms with Crippen LogP contribution in [0.25, 0.3) is 5.69 Å². The number of alkyl halides is 3. The smallest absolute Gasteiger partial charge is 0.404 e. The Morgan fingerprint density at radius 1 is 1.24 bits per heavy atom. The van der Waals surface area contributed by atoms with Crippen molar-refractivity contribution in [1.82, 2.24) is 30.6 Å². The van der Waals surface area contributed by atoms with Gasteiger partial charge < -0.3 is 15.4 Å². The molecule has 10 nitrogen and oxygen atoms in total. The van der Waals surface area contributed by atoms with Crippen molar-refractivity contribution in [1.29, 1.82) is 5.26 Å². The van der Waals surface area contributed by atoms with Gasteiger partial charge in [-0.15, -0.1) is 23.1 Å². The third-order valence-electron chi connectivity index (χ3n) is 5.28. The SMILES string of the molecule is N#CC1(NC(=O)[C@H](Cc2ccc(OC(F)(F)F)c(Cl)c2)NC(=O)c2cnn(-c3ccc(F)nc3)n2)CC1. The molecular formula is C22H16ClF4N7O3. The van der Waals surface area contributed by atoms with Gasteiger partial charge in [0.05, 0.1) is 23.5 Å². The number of halogens is 5. The molecular weight excluding hydrogens is 522 g/mol. The maximum absolute atomic E-state index is 13.1. The number of amides is 2. The number of nitrogens with zero attached hydrogens (tertiary/aromatic N) is 5. The van der Waals surface area contributed by atoms with Gasteiger partial charge in [-0.1, -0.05) is 17.7 Å². The van der Waals surface area contributed by atoms with Crippen LogP contribution < -0.4 is 15.4 Å². The van der Waals surface area contributed by atoms with Crippen LogP contribution in [-0.2, 0) is 11.2 Å². The molecule has 1 aliphatic rings. The molecule has 3 aromatic rings. The van der Waals surface area contributed by atoms with E-state index in [9.17, 15) is 32.4 Å². The molecule has 1 aliphatic carbocycles. The fourth-order valence-corrected chi connectivity index (χ4v) is 3.49. The Morgan fingerprint density at radius 3 is 2.59 bits per heavy atom. The van der Waals surface area contributed by atoms with E-state index in [4.69, 9.17) is 11.6 Å². The monoisotopic (exact) mass is 537 g/mol. The number of carbonyl (C=O) groups excluding carboxylic acids is 2. The predicted molar refractivity (Wildman–Crippen MR) is 118 cm³/mol. The summed E-state index contributed by atoms with van der Waals surface area (Å²) in [7, 11) is 0. The Bertz CT molecular complexity index is 1370. The van der Waals surface area contributed by atoms with E-state index >= 15 is 0 Å². The first-order chi connectivity index (χ1) is 17.5. The molecule has 2 amide bonds. The molecule has 0 aliphatic heterocycles. The van der Waals surface area contributed by atoms with E-state index < -0.39 is 41.5 Å². The zero-order valence-electron chi connectivity index (χ0n) is 18.6. The van der Waals surface area contributed by atoms with Gasteiger partial charge in [0.1, 0.15) is 23.0 Å². The van der Waals surface area contributed by atoms with Crippen molar-refractivity contribution >= 4 is 23.4 Å². The summed E-state index contributed by atoms with van der Waals surface area (Å²) >= 11 is 5.90. The molecule has 1 fully saturated rings.